The van der Waals surface area contributed by atoms with E-state index in [1.54, 1.807) is 24.3 Å². The molecule has 0 fully saturated rings. The van der Waals surface area contributed by atoms with E-state index in [2.05, 4.69) is 5.32 Å². The van der Waals surface area contributed by atoms with Crippen LogP contribution in [0, 0.1) is 6.92 Å². The zero-order valence-electron chi connectivity index (χ0n) is 9.03. The van der Waals surface area contributed by atoms with Gasteiger partial charge in [-0.05, 0) is 42.8 Å². The molecular weight excluding hydrogens is 258 g/mol. The van der Waals surface area contributed by atoms with Gasteiger partial charge in [-0.2, -0.15) is 0 Å². The van der Waals surface area contributed by atoms with E-state index in [1.807, 2.05) is 6.92 Å². The monoisotopic (exact) mass is 267 g/mol. The van der Waals surface area contributed by atoms with Crippen LogP contribution in [0.3, 0.4) is 0 Å². The van der Waals surface area contributed by atoms with Crippen LogP contribution < -0.4 is 5.32 Å². The van der Waals surface area contributed by atoms with Crippen LogP contribution in [0.15, 0.2) is 30.3 Å². The Bertz CT molecular complexity index is 565. The fourth-order valence-corrected chi connectivity index (χ4v) is 2.35. The molecule has 5 heteroatoms. The molecule has 2 N–H and O–H groups in total. The minimum atomic E-state index is -0.198. The summed E-state index contributed by atoms with van der Waals surface area (Å²) in [6, 6.07) is 8.15. The number of carbonyl (C=O) groups is 1. The van der Waals surface area contributed by atoms with Gasteiger partial charge in [-0.1, -0.05) is 11.6 Å². The van der Waals surface area contributed by atoms with Crippen LogP contribution in [0.25, 0.3) is 0 Å². The van der Waals surface area contributed by atoms with Crippen molar-refractivity contribution in [3.05, 3.63) is 45.1 Å². The maximum absolute atomic E-state index is 11.8. The van der Waals surface area contributed by atoms with Crippen molar-refractivity contribution < 1.29 is 9.90 Å². The Kier molecular flexibility index (Phi) is 3.36. The molecule has 2 rings (SSSR count). The number of aryl methyl sites for hydroxylation is 1. The summed E-state index contributed by atoms with van der Waals surface area (Å²) in [5, 5.41) is 12.0. The minimum absolute atomic E-state index is 0.180. The van der Waals surface area contributed by atoms with E-state index >= 15 is 0 Å². The number of benzene rings is 1. The normalized spacial score (nSPS) is 10.2. The Labute approximate surface area is 108 Å². The number of phenols is 1. The Morgan fingerprint density at radius 1 is 1.35 bits per heavy atom. The number of hydrogen-bond donors (Lipinski definition) is 2. The highest BCUT2D eigenvalue weighted by Crippen LogP contribution is 2.24. The molecule has 1 amide bonds. The van der Waals surface area contributed by atoms with Gasteiger partial charge >= 0.3 is 0 Å². The first-order valence-corrected chi connectivity index (χ1v) is 6.12. The molecule has 0 saturated heterocycles. The van der Waals surface area contributed by atoms with Crippen LogP contribution in [-0.2, 0) is 0 Å². The number of thiophene rings is 1. The molecule has 17 heavy (non-hydrogen) atoms. The van der Waals surface area contributed by atoms with E-state index in [0.717, 1.165) is 5.56 Å². The fraction of sp³-hybridized carbons (Fsp3) is 0.0833. The number of hydrogen-bond acceptors (Lipinski definition) is 3. The highest BCUT2D eigenvalue weighted by Gasteiger charge is 2.10. The van der Waals surface area contributed by atoms with Crippen molar-refractivity contribution >= 4 is 34.5 Å². The van der Waals surface area contributed by atoms with Crippen molar-refractivity contribution in [1.82, 2.24) is 0 Å². The largest absolute Gasteiger partial charge is 0.508 e. The molecule has 0 aliphatic carbocycles. The zero-order chi connectivity index (χ0) is 12.4. The van der Waals surface area contributed by atoms with E-state index in [1.165, 1.54) is 17.4 Å². The first kappa shape index (κ1) is 12.0. The quantitative estimate of drug-likeness (QED) is 0.816. The second-order valence-corrected chi connectivity index (χ2v) is 5.27. The summed E-state index contributed by atoms with van der Waals surface area (Å²) in [4.78, 5) is 12.4. The summed E-state index contributed by atoms with van der Waals surface area (Å²) in [6.45, 7) is 1.82. The van der Waals surface area contributed by atoms with E-state index in [9.17, 15) is 9.90 Å². The molecule has 0 saturated carbocycles. The number of anilines is 1. The molecule has 88 valence electrons. The van der Waals surface area contributed by atoms with Gasteiger partial charge in [0.15, 0.2) is 0 Å². The molecule has 0 atom stereocenters. The van der Waals surface area contributed by atoms with Crippen molar-refractivity contribution in [3.63, 3.8) is 0 Å². The van der Waals surface area contributed by atoms with Gasteiger partial charge < -0.3 is 10.4 Å². The molecule has 0 aliphatic rings. The van der Waals surface area contributed by atoms with Crippen molar-refractivity contribution in [3.8, 4) is 5.75 Å². The van der Waals surface area contributed by atoms with Crippen molar-refractivity contribution in [2.45, 2.75) is 6.92 Å². The lowest BCUT2D eigenvalue weighted by Gasteiger charge is -2.07. The van der Waals surface area contributed by atoms with Gasteiger partial charge in [0.05, 0.1) is 9.21 Å². The van der Waals surface area contributed by atoms with Crippen molar-refractivity contribution in [2.75, 3.05) is 5.32 Å². The summed E-state index contributed by atoms with van der Waals surface area (Å²) >= 11 is 6.99. The van der Waals surface area contributed by atoms with Gasteiger partial charge in [0, 0.05) is 5.69 Å². The van der Waals surface area contributed by atoms with Crippen molar-refractivity contribution in [2.24, 2.45) is 0 Å². The predicted molar refractivity (Wildman–Crippen MR) is 70.1 cm³/mol. The smallest absolute Gasteiger partial charge is 0.265 e. The predicted octanol–water partition coefficient (Wildman–Crippen LogP) is 3.67. The maximum Gasteiger partial charge on any atom is 0.265 e. The van der Waals surface area contributed by atoms with E-state index in [0.29, 0.717) is 14.9 Å². The zero-order valence-corrected chi connectivity index (χ0v) is 10.6. The van der Waals surface area contributed by atoms with E-state index in [-0.39, 0.29) is 11.7 Å². The summed E-state index contributed by atoms with van der Waals surface area (Å²) < 4.78 is 0.581. The number of nitrogens with one attached hydrogen (secondary N) is 1. The van der Waals surface area contributed by atoms with E-state index < -0.39 is 0 Å². The summed E-state index contributed by atoms with van der Waals surface area (Å²) in [7, 11) is 0. The molecule has 1 aromatic heterocycles. The molecule has 2 aromatic rings. The van der Waals surface area contributed by atoms with Crippen molar-refractivity contribution in [1.29, 1.82) is 0 Å². The first-order valence-electron chi connectivity index (χ1n) is 4.92. The van der Waals surface area contributed by atoms with Crippen LogP contribution >= 0.6 is 22.9 Å². The molecular formula is C12H10ClNO2S. The lowest BCUT2D eigenvalue weighted by atomic mass is 10.2. The van der Waals surface area contributed by atoms with Crippen LogP contribution in [0.1, 0.15) is 15.2 Å². The number of phenolic OH excluding ortho intramolecular Hbond substituents is 1. The van der Waals surface area contributed by atoms with Crippen LogP contribution in [-0.4, -0.2) is 11.0 Å². The number of carbonyl (C=O) groups excluding carboxylic acids is 1. The second kappa shape index (κ2) is 4.77. The topological polar surface area (TPSA) is 49.3 Å². The number of rotatable bonds is 2. The SMILES string of the molecule is Cc1cc(O)ccc1NC(=O)c1ccc(Cl)s1. The Balaban J connectivity index is 2.18. The average Bonchev–Trinajstić information content (AvgIpc) is 2.69. The summed E-state index contributed by atoms with van der Waals surface area (Å²) in [5.74, 6) is -0.0182. The molecule has 1 heterocycles. The van der Waals surface area contributed by atoms with Crippen LogP contribution in [0.2, 0.25) is 4.34 Å². The number of halogens is 1. The molecule has 0 unspecified atom stereocenters. The lowest BCUT2D eigenvalue weighted by Crippen LogP contribution is -2.10. The van der Waals surface area contributed by atoms with Crippen LogP contribution in [0.4, 0.5) is 5.69 Å². The molecule has 0 radical (unpaired) electrons. The third kappa shape index (κ3) is 2.78. The Morgan fingerprint density at radius 2 is 2.12 bits per heavy atom. The fourth-order valence-electron chi connectivity index (χ4n) is 1.41. The molecule has 0 bridgehead atoms. The Morgan fingerprint density at radius 3 is 2.71 bits per heavy atom. The maximum atomic E-state index is 11.8. The average molecular weight is 268 g/mol. The highest BCUT2D eigenvalue weighted by molar-refractivity contribution is 7.18. The van der Waals surface area contributed by atoms with Gasteiger partial charge in [-0.3, -0.25) is 4.79 Å². The van der Waals surface area contributed by atoms with E-state index in [4.69, 9.17) is 11.6 Å². The van der Waals surface area contributed by atoms with Gasteiger partial charge in [0.1, 0.15) is 5.75 Å². The number of aromatic hydroxyl groups is 1. The second-order valence-electron chi connectivity index (χ2n) is 3.56. The number of amides is 1. The summed E-state index contributed by atoms with van der Waals surface area (Å²) in [5.41, 5.74) is 1.48. The molecule has 3 nitrogen and oxygen atoms in total. The summed E-state index contributed by atoms with van der Waals surface area (Å²) in [6.07, 6.45) is 0. The van der Waals surface area contributed by atoms with Crippen LogP contribution in [0.5, 0.6) is 5.75 Å². The third-order valence-electron chi connectivity index (χ3n) is 2.26. The minimum Gasteiger partial charge on any atom is -0.508 e. The third-order valence-corrected chi connectivity index (χ3v) is 3.49. The standard InChI is InChI=1S/C12H10ClNO2S/c1-7-6-8(15)2-3-9(7)14-12(16)10-4-5-11(13)17-10/h2-6,15H,1H3,(H,14,16). The highest BCUT2D eigenvalue weighted by atomic mass is 35.5. The van der Waals surface area contributed by atoms with Gasteiger partial charge in [-0.15, -0.1) is 11.3 Å². The lowest BCUT2D eigenvalue weighted by molar-refractivity contribution is 0.103. The van der Waals surface area contributed by atoms with Gasteiger partial charge in [0.2, 0.25) is 0 Å². The molecule has 1 aromatic carbocycles. The Hall–Kier alpha value is -1.52. The first-order chi connectivity index (χ1) is 8.06. The van der Waals surface area contributed by atoms with Gasteiger partial charge in [-0.25, -0.2) is 0 Å². The molecule has 0 aliphatic heterocycles. The molecule has 0 spiro atoms. The van der Waals surface area contributed by atoms with Gasteiger partial charge in [0.25, 0.3) is 5.91 Å².